The second kappa shape index (κ2) is 5.08. The molecule has 0 spiro atoms. The predicted octanol–water partition coefficient (Wildman–Crippen LogP) is 2.40. The van der Waals surface area contributed by atoms with Crippen LogP contribution in [0.5, 0.6) is 11.5 Å². The maximum Gasteiger partial charge on any atom is 0.344 e. The van der Waals surface area contributed by atoms with Gasteiger partial charge in [0.1, 0.15) is 0 Å². The molecule has 0 radical (unpaired) electrons. The lowest BCUT2D eigenvalue weighted by molar-refractivity contribution is -0.132. The molecule has 0 aliphatic rings. The zero-order chi connectivity index (χ0) is 10.6. The molecule has 0 fully saturated rings. The lowest BCUT2D eigenvalue weighted by atomic mass is 10.3. The number of hydrogen-bond donors (Lipinski definition) is 0. The van der Waals surface area contributed by atoms with Gasteiger partial charge in [0, 0.05) is 0 Å². The first-order chi connectivity index (χ1) is 6.65. The molecule has 5 heteroatoms. The highest BCUT2D eigenvalue weighted by Crippen LogP contribution is 2.26. The van der Waals surface area contributed by atoms with Crippen molar-refractivity contribution in [1.82, 2.24) is 0 Å². The van der Waals surface area contributed by atoms with Crippen LogP contribution in [0.25, 0.3) is 0 Å². The van der Waals surface area contributed by atoms with E-state index in [0.29, 0.717) is 11.5 Å². The molecule has 0 N–H and O–H groups in total. The summed E-state index contributed by atoms with van der Waals surface area (Å²) in [6.45, 7) is 0. The smallest absolute Gasteiger partial charge is 0.344 e. The fourth-order valence-corrected chi connectivity index (χ4v) is 0.945. The summed E-state index contributed by atoms with van der Waals surface area (Å²) in [6.07, 6.45) is 0. The summed E-state index contributed by atoms with van der Waals surface area (Å²) in [5, 5.41) is 0. The Morgan fingerprint density at radius 1 is 1.29 bits per heavy atom. The van der Waals surface area contributed by atoms with Gasteiger partial charge in [0.15, 0.2) is 11.5 Å². The van der Waals surface area contributed by atoms with Crippen molar-refractivity contribution in [3.05, 3.63) is 24.3 Å². The molecule has 0 aromatic heterocycles. The Morgan fingerprint density at radius 3 is 2.36 bits per heavy atom. The molecule has 1 rings (SSSR count). The number of ether oxygens (including phenoxy) is 2. The predicted molar refractivity (Wildman–Crippen MR) is 54.1 cm³/mol. The van der Waals surface area contributed by atoms with E-state index in [1.54, 1.807) is 24.3 Å². The average Bonchev–Trinajstić information content (AvgIpc) is 2.18. The third-order valence-corrected chi connectivity index (χ3v) is 1.81. The van der Waals surface area contributed by atoms with Crippen LogP contribution in [0.15, 0.2) is 24.3 Å². The topological polar surface area (TPSA) is 35.5 Å². The fraction of sp³-hybridized carbons (Fsp3) is 0.222. The van der Waals surface area contributed by atoms with Gasteiger partial charge in [0.25, 0.3) is 0 Å². The SMILES string of the molecule is COc1ccccc1OC(=O)C(Cl)Cl. The van der Waals surface area contributed by atoms with Gasteiger partial charge in [-0.1, -0.05) is 35.3 Å². The molecule has 0 amide bonds. The molecule has 0 atom stereocenters. The minimum Gasteiger partial charge on any atom is -0.493 e. The van der Waals surface area contributed by atoms with Gasteiger partial charge < -0.3 is 9.47 Å². The zero-order valence-electron chi connectivity index (χ0n) is 7.37. The number of hydrogen-bond acceptors (Lipinski definition) is 3. The van der Waals surface area contributed by atoms with E-state index < -0.39 is 10.8 Å². The molecule has 76 valence electrons. The molecule has 0 unspecified atom stereocenters. The number of carbonyl (C=O) groups is 1. The molecule has 0 aliphatic heterocycles. The highest BCUT2D eigenvalue weighted by Gasteiger charge is 2.15. The molecular formula is C9H8Cl2O3. The van der Waals surface area contributed by atoms with Crippen molar-refractivity contribution in [2.45, 2.75) is 4.84 Å². The Hall–Kier alpha value is -0.930. The average molecular weight is 235 g/mol. The Balaban J connectivity index is 2.80. The van der Waals surface area contributed by atoms with E-state index in [2.05, 4.69) is 0 Å². The van der Waals surface area contributed by atoms with Crippen molar-refractivity contribution in [3.8, 4) is 11.5 Å². The van der Waals surface area contributed by atoms with Crippen LogP contribution in [0, 0.1) is 0 Å². The van der Waals surface area contributed by atoms with Gasteiger partial charge in [0.05, 0.1) is 7.11 Å². The number of esters is 1. The van der Waals surface area contributed by atoms with E-state index in [4.69, 9.17) is 32.7 Å². The quantitative estimate of drug-likeness (QED) is 0.458. The maximum absolute atomic E-state index is 11.0. The van der Waals surface area contributed by atoms with E-state index in [0.717, 1.165) is 0 Å². The van der Waals surface area contributed by atoms with Crippen LogP contribution < -0.4 is 9.47 Å². The van der Waals surface area contributed by atoms with Crippen molar-refractivity contribution in [3.63, 3.8) is 0 Å². The van der Waals surface area contributed by atoms with Crippen molar-refractivity contribution in [1.29, 1.82) is 0 Å². The molecule has 0 aliphatic carbocycles. The Morgan fingerprint density at radius 2 is 1.86 bits per heavy atom. The summed E-state index contributed by atoms with van der Waals surface area (Å²) in [4.78, 5) is 9.84. The monoisotopic (exact) mass is 234 g/mol. The van der Waals surface area contributed by atoms with Gasteiger partial charge in [-0.05, 0) is 12.1 Å². The lowest BCUT2D eigenvalue weighted by Crippen LogP contribution is -2.15. The van der Waals surface area contributed by atoms with Gasteiger partial charge in [0.2, 0.25) is 4.84 Å². The molecule has 0 heterocycles. The number of para-hydroxylation sites is 2. The van der Waals surface area contributed by atoms with Crippen LogP contribution >= 0.6 is 23.2 Å². The normalized spacial score (nSPS) is 10.0. The first-order valence-electron chi connectivity index (χ1n) is 3.78. The standard InChI is InChI=1S/C9H8Cl2O3/c1-13-6-4-2-3-5-7(6)14-9(12)8(10)11/h2-5,8H,1H3. The third-order valence-electron chi connectivity index (χ3n) is 1.46. The highest BCUT2D eigenvalue weighted by atomic mass is 35.5. The Bertz CT molecular complexity index is 326. The molecule has 0 saturated carbocycles. The first-order valence-corrected chi connectivity index (χ1v) is 4.65. The number of benzene rings is 1. The third kappa shape index (κ3) is 2.79. The molecular weight excluding hydrogens is 227 g/mol. The molecule has 14 heavy (non-hydrogen) atoms. The van der Waals surface area contributed by atoms with Crippen molar-refractivity contribution in [2.24, 2.45) is 0 Å². The number of carbonyl (C=O) groups excluding carboxylic acids is 1. The maximum atomic E-state index is 11.0. The lowest BCUT2D eigenvalue weighted by Gasteiger charge is -2.08. The van der Waals surface area contributed by atoms with Crippen LogP contribution in [0.3, 0.4) is 0 Å². The van der Waals surface area contributed by atoms with Crippen LogP contribution in [0.4, 0.5) is 0 Å². The van der Waals surface area contributed by atoms with Crippen LogP contribution in [-0.2, 0) is 4.79 Å². The summed E-state index contributed by atoms with van der Waals surface area (Å²) in [7, 11) is 1.48. The van der Waals surface area contributed by atoms with Gasteiger partial charge in [-0.2, -0.15) is 0 Å². The number of rotatable bonds is 3. The minimum atomic E-state index is -1.19. The second-order valence-corrected chi connectivity index (χ2v) is 3.47. The zero-order valence-corrected chi connectivity index (χ0v) is 8.88. The molecule has 0 saturated heterocycles. The summed E-state index contributed by atoms with van der Waals surface area (Å²) in [5.74, 6) is 0.0268. The van der Waals surface area contributed by atoms with Crippen molar-refractivity contribution in [2.75, 3.05) is 7.11 Å². The molecule has 1 aromatic rings. The molecule has 3 nitrogen and oxygen atoms in total. The minimum absolute atomic E-state index is 0.298. The number of alkyl halides is 2. The summed E-state index contributed by atoms with van der Waals surface area (Å²) in [5.41, 5.74) is 0. The van der Waals surface area contributed by atoms with Crippen LogP contribution in [-0.4, -0.2) is 17.9 Å². The molecule has 0 bridgehead atoms. The van der Waals surface area contributed by atoms with E-state index in [1.165, 1.54) is 7.11 Å². The van der Waals surface area contributed by atoms with Gasteiger partial charge in [-0.15, -0.1) is 0 Å². The Kier molecular flexibility index (Phi) is 4.04. The van der Waals surface area contributed by atoms with Crippen LogP contribution in [0.1, 0.15) is 0 Å². The van der Waals surface area contributed by atoms with Crippen LogP contribution in [0.2, 0.25) is 0 Å². The molecule has 1 aromatic carbocycles. The highest BCUT2D eigenvalue weighted by molar-refractivity contribution is 6.53. The summed E-state index contributed by atoms with van der Waals surface area (Å²) < 4.78 is 9.83. The van der Waals surface area contributed by atoms with E-state index >= 15 is 0 Å². The van der Waals surface area contributed by atoms with Gasteiger partial charge in [-0.25, -0.2) is 4.79 Å². The first kappa shape index (κ1) is 11.1. The van der Waals surface area contributed by atoms with E-state index in [-0.39, 0.29) is 0 Å². The summed E-state index contributed by atoms with van der Waals surface area (Å²) >= 11 is 10.6. The largest absolute Gasteiger partial charge is 0.493 e. The number of halogens is 2. The van der Waals surface area contributed by atoms with Crippen molar-refractivity contribution < 1.29 is 14.3 Å². The van der Waals surface area contributed by atoms with Gasteiger partial charge in [-0.3, -0.25) is 0 Å². The fourth-order valence-electron chi connectivity index (χ4n) is 0.856. The van der Waals surface area contributed by atoms with E-state index in [1.807, 2.05) is 0 Å². The Labute approximate surface area is 91.5 Å². The van der Waals surface area contributed by atoms with Gasteiger partial charge >= 0.3 is 5.97 Å². The van der Waals surface area contributed by atoms with E-state index in [9.17, 15) is 4.79 Å². The second-order valence-electron chi connectivity index (χ2n) is 2.37. The summed E-state index contributed by atoms with van der Waals surface area (Å²) in [6, 6.07) is 6.73. The van der Waals surface area contributed by atoms with Crippen molar-refractivity contribution >= 4 is 29.2 Å². The number of methoxy groups -OCH3 is 1.